The molecule has 1 aromatic rings. The number of benzene rings is 1. The fraction of sp³-hybridized carbons (Fsp3) is 0.618. The lowest BCUT2D eigenvalue weighted by molar-refractivity contribution is -0.141. The summed E-state index contributed by atoms with van der Waals surface area (Å²) in [5.74, 6) is -3.28. The smallest absolute Gasteiger partial charge is 0.410 e. The number of amides is 5. The van der Waals surface area contributed by atoms with Gasteiger partial charge in [-0.2, -0.15) is 0 Å². The molecule has 0 radical (unpaired) electrons. The van der Waals surface area contributed by atoms with E-state index < -0.39 is 86.2 Å². The molecule has 5 atom stereocenters. The predicted molar refractivity (Wildman–Crippen MR) is 177 cm³/mol. The van der Waals surface area contributed by atoms with Crippen molar-refractivity contribution in [1.82, 2.24) is 25.2 Å². The Kier molecular flexibility index (Phi) is 10.1. The quantitative estimate of drug-likeness (QED) is 0.378. The van der Waals surface area contributed by atoms with Crippen molar-refractivity contribution in [3.8, 4) is 0 Å². The Morgan fingerprint density at radius 1 is 1.12 bits per heavy atom. The molecule has 3 fully saturated rings. The minimum atomic E-state index is -3.94. The lowest BCUT2D eigenvalue weighted by atomic mass is 10.1. The van der Waals surface area contributed by atoms with E-state index in [1.54, 1.807) is 45.1 Å². The van der Waals surface area contributed by atoms with Gasteiger partial charge in [0.15, 0.2) is 0 Å². The minimum Gasteiger partial charge on any atom is -0.444 e. The van der Waals surface area contributed by atoms with E-state index in [1.165, 1.54) is 15.9 Å². The van der Waals surface area contributed by atoms with Crippen molar-refractivity contribution < 1.29 is 51.0 Å². The second-order valence-corrected chi connectivity index (χ2v) is 16.7. The molecule has 0 spiro atoms. The zero-order chi connectivity index (χ0) is 36.7. The number of nitrogens with one attached hydrogen (secondary N) is 3. The van der Waals surface area contributed by atoms with Crippen molar-refractivity contribution in [3.05, 3.63) is 47.3 Å². The Morgan fingerprint density at radius 2 is 1.88 bits per heavy atom. The molecule has 51 heavy (non-hydrogen) atoms. The molecule has 15 nitrogen and oxygen atoms in total. The first-order valence-electron chi connectivity index (χ1n) is 17.2. The molecule has 17 heteroatoms. The largest absolute Gasteiger partial charge is 0.444 e. The number of hydrogen-bond donors (Lipinski definition) is 3. The van der Waals surface area contributed by atoms with Gasteiger partial charge in [-0.15, -0.1) is 0 Å². The van der Waals surface area contributed by atoms with Gasteiger partial charge < -0.3 is 29.7 Å². The van der Waals surface area contributed by atoms with Crippen molar-refractivity contribution >= 4 is 39.9 Å². The molecule has 0 unspecified atom stereocenters. The van der Waals surface area contributed by atoms with Gasteiger partial charge in [0, 0.05) is 31.1 Å². The van der Waals surface area contributed by atoms with Gasteiger partial charge in [0.25, 0.3) is 5.91 Å². The van der Waals surface area contributed by atoms with E-state index in [-0.39, 0.29) is 52.1 Å². The number of nitrogens with zero attached hydrogens (tertiary/aromatic N) is 2. The maximum atomic E-state index is 14.4. The van der Waals surface area contributed by atoms with Crippen LogP contribution in [0.4, 0.5) is 14.0 Å². The molecule has 5 amide bonds. The van der Waals surface area contributed by atoms with Crippen LogP contribution in [0.2, 0.25) is 0 Å². The molecular formula is C34H44FN5O10S. The van der Waals surface area contributed by atoms with Crippen LogP contribution < -0.4 is 15.4 Å². The lowest BCUT2D eigenvalue weighted by Gasteiger charge is -2.30. The summed E-state index contributed by atoms with van der Waals surface area (Å²) in [6.45, 7) is 5.28. The third kappa shape index (κ3) is 8.29. The molecule has 3 heterocycles. The first-order chi connectivity index (χ1) is 24.1. The summed E-state index contributed by atoms with van der Waals surface area (Å²) in [6, 6.07) is 2.16. The highest BCUT2D eigenvalue weighted by Gasteiger charge is 2.62. The second kappa shape index (κ2) is 14.1. The molecule has 3 aliphatic heterocycles. The number of sulfonamides is 1. The highest BCUT2D eigenvalue weighted by Crippen LogP contribution is 2.46. The van der Waals surface area contributed by atoms with Crippen LogP contribution in [0.1, 0.15) is 70.4 Å². The van der Waals surface area contributed by atoms with Crippen LogP contribution in [0.5, 0.6) is 0 Å². The van der Waals surface area contributed by atoms with Gasteiger partial charge in [-0.25, -0.2) is 22.4 Å². The molecule has 5 aliphatic rings. The van der Waals surface area contributed by atoms with Crippen molar-refractivity contribution in [1.29, 1.82) is 0 Å². The Balaban J connectivity index is 1.25. The summed E-state index contributed by atoms with van der Waals surface area (Å²) in [7, 11) is -3.94. The standard InChI is InChI=1S/C34H44FN5O10S/c1-33(2,3)50-31(44)36-26-10-6-14-48-13-5-8-21-16-34(21,30(43)38-51(46,47)23-11-12-23)37-28(41)27-15-22(18-40(27)29(26)42)49-32(45)39-17-20-7-4-9-25(35)24(20)19-39/h4-5,7-9,21-23,26-27H,6,10-19H2,1-3H3,(H,36,44)(H,37,41)(H,38,43)/t21-,22-,26-,27+,34-/m1/s1. The van der Waals surface area contributed by atoms with Gasteiger partial charge in [0.05, 0.1) is 24.9 Å². The Morgan fingerprint density at radius 3 is 2.59 bits per heavy atom. The van der Waals surface area contributed by atoms with Crippen molar-refractivity contribution in [3.63, 3.8) is 0 Å². The van der Waals surface area contributed by atoms with Gasteiger partial charge in [-0.1, -0.05) is 24.3 Å². The van der Waals surface area contributed by atoms with Gasteiger partial charge in [-0.3, -0.25) is 24.0 Å². The van der Waals surface area contributed by atoms with Crippen LogP contribution in [0.15, 0.2) is 30.4 Å². The number of rotatable bonds is 5. The molecule has 0 aromatic heterocycles. The maximum absolute atomic E-state index is 14.4. The second-order valence-electron chi connectivity index (χ2n) is 14.8. The fourth-order valence-electron chi connectivity index (χ4n) is 6.74. The third-order valence-corrected chi connectivity index (χ3v) is 11.4. The number of ether oxygens (including phenoxy) is 3. The number of hydrogen-bond acceptors (Lipinski definition) is 10. The molecule has 3 N–H and O–H groups in total. The van der Waals surface area contributed by atoms with Gasteiger partial charge in [-0.05, 0) is 64.5 Å². The number of carbonyl (C=O) groups excluding carboxylic acids is 5. The zero-order valence-corrected chi connectivity index (χ0v) is 29.6. The van der Waals surface area contributed by atoms with Crippen molar-refractivity contribution in [2.24, 2.45) is 5.92 Å². The molecule has 0 bridgehead atoms. The third-order valence-electron chi connectivity index (χ3n) is 9.62. The normalized spacial score (nSPS) is 28.3. The van der Waals surface area contributed by atoms with E-state index in [2.05, 4.69) is 15.4 Å². The van der Waals surface area contributed by atoms with Gasteiger partial charge in [0.1, 0.15) is 35.1 Å². The van der Waals surface area contributed by atoms with E-state index >= 15 is 0 Å². The summed E-state index contributed by atoms with van der Waals surface area (Å²) in [5, 5.41) is 4.67. The lowest BCUT2D eigenvalue weighted by Crippen LogP contribution is -2.58. The van der Waals surface area contributed by atoms with E-state index in [1.807, 2.05) is 0 Å². The molecule has 2 saturated carbocycles. The molecule has 2 aliphatic carbocycles. The van der Waals surface area contributed by atoms with E-state index in [4.69, 9.17) is 14.2 Å². The molecule has 1 saturated heterocycles. The summed E-state index contributed by atoms with van der Waals surface area (Å²) in [5.41, 5.74) is -1.46. The first-order valence-corrected chi connectivity index (χ1v) is 18.8. The van der Waals surface area contributed by atoms with E-state index in [0.717, 1.165) is 0 Å². The maximum Gasteiger partial charge on any atom is 0.410 e. The number of fused-ring (bicyclic) bond motifs is 3. The van der Waals surface area contributed by atoms with Crippen LogP contribution in [0, 0.1) is 11.7 Å². The SMILES string of the molecule is CC(C)(C)OC(=O)N[C@@H]1CCCOCC=C[C@@H]2C[C@@]2(C(=O)NS(=O)(=O)C2CC2)NC(=O)[C@@H]2C[C@@H](OC(=O)N3Cc4cccc(F)c4C3)CN2C1=O. The van der Waals surface area contributed by atoms with E-state index in [0.29, 0.717) is 30.4 Å². The Hall–Kier alpha value is -4.25. The van der Waals surface area contributed by atoms with Crippen LogP contribution in [0.25, 0.3) is 0 Å². The topological polar surface area (TPSA) is 190 Å². The highest BCUT2D eigenvalue weighted by atomic mass is 32.2. The predicted octanol–water partition coefficient (Wildman–Crippen LogP) is 1.99. The number of carbonyl (C=O) groups is 5. The molecular weight excluding hydrogens is 689 g/mol. The van der Waals surface area contributed by atoms with Crippen LogP contribution in [-0.2, 0) is 51.7 Å². The Labute approximate surface area is 295 Å². The average Bonchev–Trinajstić information content (AvgIpc) is 3.93. The molecule has 278 valence electrons. The summed E-state index contributed by atoms with van der Waals surface area (Å²) in [6.07, 6.45) is 2.07. The summed E-state index contributed by atoms with van der Waals surface area (Å²) >= 11 is 0. The first kappa shape index (κ1) is 36.5. The zero-order valence-electron chi connectivity index (χ0n) is 28.8. The summed E-state index contributed by atoms with van der Waals surface area (Å²) < 4.78 is 58.8. The van der Waals surface area contributed by atoms with Gasteiger partial charge in [0.2, 0.25) is 21.8 Å². The van der Waals surface area contributed by atoms with Crippen LogP contribution in [0.3, 0.4) is 0 Å². The van der Waals surface area contributed by atoms with Crippen LogP contribution >= 0.6 is 0 Å². The van der Waals surface area contributed by atoms with E-state index in [9.17, 15) is 36.8 Å². The van der Waals surface area contributed by atoms with Gasteiger partial charge >= 0.3 is 12.2 Å². The van der Waals surface area contributed by atoms with Crippen molar-refractivity contribution in [2.75, 3.05) is 19.8 Å². The monoisotopic (exact) mass is 733 g/mol. The van der Waals surface area contributed by atoms with Crippen LogP contribution in [-0.4, -0.2) is 102 Å². The number of alkyl carbamates (subject to hydrolysis) is 1. The number of halogens is 1. The molecule has 1 aromatic carbocycles. The summed E-state index contributed by atoms with van der Waals surface area (Å²) in [4.78, 5) is 70.6. The highest BCUT2D eigenvalue weighted by molar-refractivity contribution is 7.91. The minimum absolute atomic E-state index is 0.0135. The fourth-order valence-corrected chi connectivity index (χ4v) is 8.10. The molecule has 6 rings (SSSR count). The Bertz CT molecular complexity index is 1730. The van der Waals surface area contributed by atoms with Crippen molar-refractivity contribution in [2.45, 2.75) is 107 Å². The average molecular weight is 734 g/mol.